The van der Waals surface area contributed by atoms with Gasteiger partial charge in [-0.05, 0) is 39.7 Å². The smallest absolute Gasteiger partial charge is 0.408 e. The van der Waals surface area contributed by atoms with Crippen molar-refractivity contribution in [3.05, 3.63) is 29.3 Å². The number of thiol groups is 1. The fourth-order valence-electron chi connectivity index (χ4n) is 3.15. The third-order valence-corrected chi connectivity index (χ3v) is 5.11. The fraction of sp³-hybridized carbons (Fsp3) is 0.609. The number of benzene rings is 1. The molecule has 4 N–H and O–H groups in total. The number of rotatable bonds is 11. The molecule has 1 aromatic rings. The summed E-state index contributed by atoms with van der Waals surface area (Å²) in [7, 11) is 0. The minimum atomic E-state index is -1.22. The molecule has 0 aromatic heterocycles. The number of phenolic OH excluding ortho intramolecular Hbond substituents is 1. The van der Waals surface area contributed by atoms with Crippen LogP contribution in [0.15, 0.2) is 18.2 Å². The molecule has 1 rings (SSSR count). The van der Waals surface area contributed by atoms with E-state index < -0.39 is 42.2 Å². The molecule has 0 aliphatic rings. The summed E-state index contributed by atoms with van der Waals surface area (Å²) in [6.45, 7) is 8.52. The highest BCUT2D eigenvalue weighted by Crippen LogP contribution is 2.32. The second-order valence-electron chi connectivity index (χ2n) is 8.70. The van der Waals surface area contributed by atoms with E-state index in [-0.39, 0.29) is 23.6 Å². The predicted molar refractivity (Wildman–Crippen MR) is 129 cm³/mol. The Morgan fingerprint density at radius 3 is 2.45 bits per heavy atom. The highest BCUT2D eigenvalue weighted by molar-refractivity contribution is 7.80. The molecule has 0 heterocycles. The quantitative estimate of drug-likeness (QED) is 0.243. The molecule has 0 bridgehead atoms. The zero-order valence-corrected chi connectivity index (χ0v) is 20.9. The molecule has 2 atom stereocenters. The summed E-state index contributed by atoms with van der Waals surface area (Å²) in [5.74, 6) is -1.32. The number of hydrogen-bond acceptors (Lipinski definition) is 7. The van der Waals surface area contributed by atoms with Gasteiger partial charge in [-0.2, -0.15) is 12.6 Å². The molecular weight excluding hydrogens is 446 g/mol. The lowest BCUT2D eigenvalue weighted by Gasteiger charge is -2.34. The summed E-state index contributed by atoms with van der Waals surface area (Å²) in [6.07, 6.45) is 0.800. The van der Waals surface area contributed by atoms with E-state index in [1.165, 1.54) is 0 Å². The molecule has 0 aliphatic carbocycles. The number of aromatic hydroxyl groups is 1. The Bertz CT molecular complexity index is 812. The van der Waals surface area contributed by atoms with Gasteiger partial charge in [0.05, 0.1) is 6.61 Å². The van der Waals surface area contributed by atoms with Crippen LogP contribution in [0.2, 0.25) is 0 Å². The Hall–Kier alpha value is -2.46. The van der Waals surface area contributed by atoms with Crippen molar-refractivity contribution in [2.24, 2.45) is 0 Å². The molecule has 33 heavy (non-hydrogen) atoms. The molecule has 0 fully saturated rings. The standard InChI is InChI=1S/C23H37N3O6S/c1-6-7-11-24-20(29)18(16-10-8-9-15(2)19(16)28)26(12-13-27)21(30)17(14-33)25-22(31)32-23(3,4)5/h8-10,17-18,27-28,33H,6-7,11-14H2,1-5H3,(H,24,29)(H,25,31). The van der Waals surface area contributed by atoms with Gasteiger partial charge in [-0.25, -0.2) is 4.79 Å². The van der Waals surface area contributed by atoms with Crippen molar-refractivity contribution in [2.75, 3.05) is 25.4 Å². The van der Waals surface area contributed by atoms with Crippen LogP contribution >= 0.6 is 12.6 Å². The van der Waals surface area contributed by atoms with E-state index in [9.17, 15) is 24.6 Å². The van der Waals surface area contributed by atoms with E-state index in [0.717, 1.165) is 17.7 Å². The van der Waals surface area contributed by atoms with E-state index in [0.29, 0.717) is 12.1 Å². The van der Waals surface area contributed by atoms with E-state index in [1.54, 1.807) is 45.9 Å². The number of carbonyl (C=O) groups excluding carboxylic acids is 3. The van der Waals surface area contributed by atoms with E-state index in [4.69, 9.17) is 4.74 Å². The van der Waals surface area contributed by atoms with Gasteiger partial charge in [-0.1, -0.05) is 31.5 Å². The Balaban J connectivity index is 3.35. The van der Waals surface area contributed by atoms with Crippen molar-refractivity contribution < 1.29 is 29.3 Å². The van der Waals surface area contributed by atoms with Crippen LogP contribution in [-0.2, 0) is 14.3 Å². The number of nitrogens with one attached hydrogen (secondary N) is 2. The maximum absolute atomic E-state index is 13.4. The first-order chi connectivity index (χ1) is 15.5. The zero-order valence-electron chi connectivity index (χ0n) is 20.1. The van der Waals surface area contributed by atoms with Crippen LogP contribution in [0.1, 0.15) is 57.7 Å². The SMILES string of the molecule is CCCCNC(=O)C(c1cccc(C)c1O)N(CCO)C(=O)C(CS)NC(=O)OC(C)(C)C. The number of alkyl carbamates (subject to hydrolysis) is 1. The number of hydrogen-bond donors (Lipinski definition) is 5. The van der Waals surface area contributed by atoms with Gasteiger partial charge >= 0.3 is 6.09 Å². The van der Waals surface area contributed by atoms with Crippen LogP contribution in [-0.4, -0.2) is 70.1 Å². The van der Waals surface area contributed by atoms with Gasteiger partial charge < -0.3 is 30.5 Å². The number of para-hydroxylation sites is 1. The van der Waals surface area contributed by atoms with Crippen LogP contribution in [0.4, 0.5) is 4.79 Å². The van der Waals surface area contributed by atoms with Gasteiger partial charge in [-0.15, -0.1) is 0 Å². The molecule has 0 aliphatic heterocycles. The Kier molecular flexibility index (Phi) is 11.5. The third kappa shape index (κ3) is 8.77. The maximum atomic E-state index is 13.4. The zero-order chi connectivity index (χ0) is 25.2. The second-order valence-corrected chi connectivity index (χ2v) is 9.06. The summed E-state index contributed by atoms with van der Waals surface area (Å²) < 4.78 is 5.23. The van der Waals surface area contributed by atoms with Crippen LogP contribution in [0.25, 0.3) is 0 Å². The maximum Gasteiger partial charge on any atom is 0.408 e. The van der Waals surface area contributed by atoms with E-state index in [2.05, 4.69) is 23.3 Å². The second kappa shape index (κ2) is 13.3. The van der Waals surface area contributed by atoms with Gasteiger partial charge in [0.25, 0.3) is 0 Å². The number of carbonyl (C=O) groups is 3. The first kappa shape index (κ1) is 28.6. The van der Waals surface area contributed by atoms with Crippen LogP contribution in [0.5, 0.6) is 5.75 Å². The number of aliphatic hydroxyl groups excluding tert-OH is 1. The highest BCUT2D eigenvalue weighted by Gasteiger charge is 2.37. The molecule has 9 nitrogen and oxygen atoms in total. The molecule has 2 unspecified atom stereocenters. The lowest BCUT2D eigenvalue weighted by molar-refractivity contribution is -0.142. The molecule has 0 saturated heterocycles. The average Bonchev–Trinajstić information content (AvgIpc) is 2.73. The highest BCUT2D eigenvalue weighted by atomic mass is 32.1. The van der Waals surface area contributed by atoms with Gasteiger partial charge in [0.15, 0.2) is 0 Å². The molecule has 0 radical (unpaired) electrons. The summed E-state index contributed by atoms with van der Waals surface area (Å²) in [4.78, 5) is 40.0. The minimum absolute atomic E-state index is 0.0655. The van der Waals surface area contributed by atoms with Crippen LogP contribution in [0.3, 0.4) is 0 Å². The number of amides is 3. The van der Waals surface area contributed by atoms with Crippen molar-refractivity contribution >= 4 is 30.5 Å². The minimum Gasteiger partial charge on any atom is -0.507 e. The fourth-order valence-corrected chi connectivity index (χ4v) is 3.40. The van der Waals surface area contributed by atoms with Gasteiger partial charge in [-0.3, -0.25) is 9.59 Å². The first-order valence-electron chi connectivity index (χ1n) is 11.0. The van der Waals surface area contributed by atoms with Crippen LogP contribution < -0.4 is 10.6 Å². The Morgan fingerprint density at radius 2 is 1.91 bits per heavy atom. The number of ether oxygens (including phenoxy) is 1. The van der Waals surface area contributed by atoms with E-state index >= 15 is 0 Å². The lowest BCUT2D eigenvalue weighted by Crippen LogP contribution is -2.54. The number of aryl methyl sites for hydroxylation is 1. The van der Waals surface area contributed by atoms with Crippen molar-refractivity contribution in [2.45, 2.75) is 65.1 Å². The van der Waals surface area contributed by atoms with Gasteiger partial charge in [0.1, 0.15) is 23.4 Å². The predicted octanol–water partition coefficient (Wildman–Crippen LogP) is 2.30. The van der Waals surface area contributed by atoms with E-state index in [1.807, 2.05) is 6.92 Å². The Labute approximate surface area is 201 Å². The average molecular weight is 484 g/mol. The summed E-state index contributed by atoms with van der Waals surface area (Å²) >= 11 is 4.19. The van der Waals surface area contributed by atoms with Gasteiger partial charge in [0, 0.05) is 24.4 Å². The Morgan fingerprint density at radius 1 is 1.24 bits per heavy atom. The molecule has 186 valence electrons. The number of aliphatic hydroxyl groups is 1. The summed E-state index contributed by atoms with van der Waals surface area (Å²) in [5, 5.41) is 25.6. The number of nitrogens with zero attached hydrogens (tertiary/aromatic N) is 1. The summed E-state index contributed by atoms with van der Waals surface area (Å²) in [6, 6.07) is 2.58. The normalized spacial score (nSPS) is 13.1. The topological polar surface area (TPSA) is 128 Å². The number of unbranched alkanes of at least 4 members (excludes halogenated alkanes) is 1. The van der Waals surface area contributed by atoms with Crippen molar-refractivity contribution in [3.63, 3.8) is 0 Å². The molecule has 3 amide bonds. The van der Waals surface area contributed by atoms with Crippen molar-refractivity contribution in [1.29, 1.82) is 0 Å². The van der Waals surface area contributed by atoms with Crippen molar-refractivity contribution in [1.82, 2.24) is 15.5 Å². The molecule has 1 aromatic carbocycles. The molecule has 0 spiro atoms. The largest absolute Gasteiger partial charge is 0.507 e. The molecule has 10 heteroatoms. The van der Waals surface area contributed by atoms with Crippen molar-refractivity contribution in [3.8, 4) is 5.75 Å². The number of phenols is 1. The molecular formula is C23H37N3O6S. The van der Waals surface area contributed by atoms with Crippen LogP contribution in [0, 0.1) is 6.92 Å². The first-order valence-corrected chi connectivity index (χ1v) is 11.7. The van der Waals surface area contributed by atoms with Gasteiger partial charge in [0.2, 0.25) is 11.8 Å². The third-order valence-electron chi connectivity index (χ3n) is 4.75. The monoisotopic (exact) mass is 483 g/mol. The molecule has 0 saturated carbocycles. The lowest BCUT2D eigenvalue weighted by atomic mass is 9.99. The summed E-state index contributed by atoms with van der Waals surface area (Å²) in [5.41, 5.74) is -0.0115.